The summed E-state index contributed by atoms with van der Waals surface area (Å²) in [5.74, 6) is 1.01. The second kappa shape index (κ2) is 9.60. The molecule has 1 saturated heterocycles. The van der Waals surface area contributed by atoms with Gasteiger partial charge < -0.3 is 19.1 Å². The number of methoxy groups -OCH3 is 3. The fraction of sp³-hybridized carbons (Fsp3) is 0.333. The zero-order chi connectivity index (χ0) is 27.2. The molecule has 1 aliphatic heterocycles. The van der Waals surface area contributed by atoms with Gasteiger partial charge in [0.15, 0.2) is 0 Å². The zero-order valence-corrected chi connectivity index (χ0v) is 22.6. The Morgan fingerprint density at radius 3 is 2.41 bits per heavy atom. The lowest BCUT2D eigenvalue weighted by Crippen LogP contribution is -2.60. The number of esters is 1. The standard InChI is InChI=1S/C33H33NO5/c1-37-24-15-13-23(14-16-24)32-19-18-27(25-9-5-6-10-26(25)32)33(31(36)39-3)21-34(20-29(32)33)30(35)17-12-22-8-4-7-11-28(22)38-2/h4-17,27,29H,18-21H2,1-3H3/b17-12+/t27-,29-,32-,33-/m0/s1. The molecule has 4 aliphatic rings. The Kier molecular flexibility index (Phi) is 6.21. The molecule has 1 amide bonds. The van der Waals surface area contributed by atoms with Gasteiger partial charge in [-0.3, -0.25) is 9.59 Å². The molecular formula is C33H33NO5. The molecule has 2 fully saturated rings. The van der Waals surface area contributed by atoms with Crippen molar-refractivity contribution in [2.45, 2.75) is 24.2 Å². The normalized spacial score (nSPS) is 26.7. The van der Waals surface area contributed by atoms with Crippen LogP contribution in [0.2, 0.25) is 0 Å². The summed E-state index contributed by atoms with van der Waals surface area (Å²) in [4.78, 5) is 29.4. The number of carbonyl (C=O) groups excluding carboxylic acids is 2. The van der Waals surface area contributed by atoms with E-state index in [0.717, 1.165) is 29.7 Å². The van der Waals surface area contributed by atoms with Crippen LogP contribution in [-0.4, -0.2) is 51.2 Å². The third-order valence-electron chi connectivity index (χ3n) is 9.36. The molecule has 6 nitrogen and oxygen atoms in total. The van der Waals surface area contributed by atoms with Gasteiger partial charge in [-0.2, -0.15) is 0 Å². The summed E-state index contributed by atoms with van der Waals surface area (Å²) in [6, 6.07) is 24.3. The highest BCUT2D eigenvalue weighted by atomic mass is 16.5. The number of para-hydroxylation sites is 1. The molecule has 6 heteroatoms. The monoisotopic (exact) mass is 523 g/mol. The Hall–Kier alpha value is -4.06. The number of likely N-dealkylation sites (tertiary alicyclic amines) is 1. The van der Waals surface area contributed by atoms with Crippen molar-refractivity contribution < 1.29 is 23.8 Å². The molecule has 39 heavy (non-hydrogen) atoms. The smallest absolute Gasteiger partial charge is 0.314 e. The lowest BCUT2D eigenvalue weighted by molar-refractivity contribution is -0.161. The van der Waals surface area contributed by atoms with E-state index in [1.54, 1.807) is 26.4 Å². The first kappa shape index (κ1) is 25.2. The molecule has 3 aromatic carbocycles. The van der Waals surface area contributed by atoms with Crippen molar-refractivity contribution in [2.24, 2.45) is 11.3 Å². The molecule has 1 saturated carbocycles. The topological polar surface area (TPSA) is 65.1 Å². The van der Waals surface area contributed by atoms with Crippen molar-refractivity contribution in [3.63, 3.8) is 0 Å². The Morgan fingerprint density at radius 2 is 1.67 bits per heavy atom. The number of ether oxygens (including phenoxy) is 3. The molecule has 0 unspecified atom stereocenters. The molecule has 0 spiro atoms. The third-order valence-corrected chi connectivity index (χ3v) is 9.36. The van der Waals surface area contributed by atoms with Crippen LogP contribution < -0.4 is 9.47 Å². The van der Waals surface area contributed by atoms with E-state index in [2.05, 4.69) is 36.4 Å². The van der Waals surface area contributed by atoms with Crippen LogP contribution >= 0.6 is 0 Å². The molecule has 0 aromatic heterocycles. The van der Waals surface area contributed by atoms with Crippen molar-refractivity contribution >= 4 is 18.0 Å². The molecule has 1 heterocycles. The summed E-state index contributed by atoms with van der Waals surface area (Å²) in [5.41, 5.74) is 3.18. The molecule has 4 atom stereocenters. The number of hydrogen-bond donors (Lipinski definition) is 0. The zero-order valence-electron chi connectivity index (χ0n) is 22.6. The molecule has 0 radical (unpaired) electrons. The van der Waals surface area contributed by atoms with Crippen LogP contribution in [0.3, 0.4) is 0 Å². The van der Waals surface area contributed by atoms with Gasteiger partial charge in [-0.05, 0) is 53.8 Å². The van der Waals surface area contributed by atoms with E-state index in [0.29, 0.717) is 18.8 Å². The van der Waals surface area contributed by atoms with E-state index in [-0.39, 0.29) is 23.7 Å². The Labute approximate surface area is 229 Å². The van der Waals surface area contributed by atoms with Gasteiger partial charge in [0.1, 0.15) is 11.5 Å². The number of rotatable bonds is 6. The maximum Gasteiger partial charge on any atom is 0.314 e. The second-order valence-corrected chi connectivity index (χ2v) is 10.8. The summed E-state index contributed by atoms with van der Waals surface area (Å²) < 4.78 is 16.4. The Morgan fingerprint density at radius 1 is 0.923 bits per heavy atom. The molecule has 200 valence electrons. The number of carbonyl (C=O) groups is 2. The van der Waals surface area contributed by atoms with E-state index >= 15 is 0 Å². The number of amides is 1. The Balaban J connectivity index is 1.46. The van der Waals surface area contributed by atoms with Crippen LogP contribution in [0.1, 0.15) is 41.0 Å². The minimum absolute atomic E-state index is 0.0118. The molecular weight excluding hydrogens is 490 g/mol. The lowest BCUT2D eigenvalue weighted by atomic mass is 9.42. The molecule has 2 bridgehead atoms. The fourth-order valence-corrected chi connectivity index (χ4v) is 7.76. The Bertz CT molecular complexity index is 1450. The highest BCUT2D eigenvalue weighted by Gasteiger charge is 2.71. The van der Waals surface area contributed by atoms with E-state index in [1.807, 2.05) is 41.3 Å². The van der Waals surface area contributed by atoms with Gasteiger partial charge in [-0.1, -0.05) is 54.6 Å². The van der Waals surface area contributed by atoms with Crippen LogP contribution in [-0.2, 0) is 19.7 Å². The lowest BCUT2D eigenvalue weighted by Gasteiger charge is -2.59. The quantitative estimate of drug-likeness (QED) is 0.328. The van der Waals surface area contributed by atoms with E-state index in [9.17, 15) is 9.59 Å². The van der Waals surface area contributed by atoms with E-state index in [1.165, 1.54) is 18.2 Å². The first-order valence-electron chi connectivity index (χ1n) is 13.4. The van der Waals surface area contributed by atoms with E-state index in [4.69, 9.17) is 14.2 Å². The van der Waals surface area contributed by atoms with Gasteiger partial charge in [0.05, 0.1) is 26.7 Å². The minimum atomic E-state index is -0.824. The second-order valence-electron chi connectivity index (χ2n) is 10.8. The first-order valence-corrected chi connectivity index (χ1v) is 13.4. The highest BCUT2D eigenvalue weighted by Crippen LogP contribution is 2.69. The van der Waals surface area contributed by atoms with E-state index < -0.39 is 10.8 Å². The number of nitrogens with zero attached hydrogens (tertiary/aromatic N) is 1. The van der Waals surface area contributed by atoms with Crippen LogP contribution in [0.15, 0.2) is 78.9 Å². The van der Waals surface area contributed by atoms with Gasteiger partial charge in [-0.15, -0.1) is 0 Å². The predicted molar refractivity (Wildman–Crippen MR) is 149 cm³/mol. The average molecular weight is 524 g/mol. The van der Waals surface area contributed by atoms with Crippen molar-refractivity contribution in [3.8, 4) is 11.5 Å². The van der Waals surface area contributed by atoms with Crippen molar-refractivity contribution in [1.82, 2.24) is 4.90 Å². The summed E-state index contributed by atoms with van der Waals surface area (Å²) >= 11 is 0. The summed E-state index contributed by atoms with van der Waals surface area (Å²) in [6.07, 6.45) is 5.14. The maximum atomic E-state index is 13.9. The van der Waals surface area contributed by atoms with Gasteiger partial charge in [0, 0.05) is 42.0 Å². The van der Waals surface area contributed by atoms with Crippen LogP contribution in [0.4, 0.5) is 0 Å². The highest BCUT2D eigenvalue weighted by molar-refractivity contribution is 5.94. The number of hydrogen-bond acceptors (Lipinski definition) is 5. The van der Waals surface area contributed by atoms with Gasteiger partial charge in [0.25, 0.3) is 0 Å². The summed E-state index contributed by atoms with van der Waals surface area (Å²) in [7, 11) is 4.75. The molecule has 7 rings (SSSR count). The minimum Gasteiger partial charge on any atom is -0.497 e. The first-order chi connectivity index (χ1) is 19.0. The fourth-order valence-electron chi connectivity index (χ4n) is 7.76. The molecule has 0 N–H and O–H groups in total. The predicted octanol–water partition coefficient (Wildman–Crippen LogP) is 5.21. The van der Waals surface area contributed by atoms with Crippen LogP contribution in [0.25, 0.3) is 6.08 Å². The van der Waals surface area contributed by atoms with Crippen molar-refractivity contribution in [2.75, 3.05) is 34.4 Å². The molecule has 3 aliphatic carbocycles. The number of benzene rings is 3. The van der Waals surface area contributed by atoms with Gasteiger partial charge >= 0.3 is 5.97 Å². The maximum absolute atomic E-state index is 13.9. The van der Waals surface area contributed by atoms with Crippen LogP contribution in [0, 0.1) is 11.3 Å². The van der Waals surface area contributed by atoms with Gasteiger partial charge in [0.2, 0.25) is 5.91 Å². The largest absolute Gasteiger partial charge is 0.497 e. The molecule has 3 aromatic rings. The SMILES string of the molecule is COC(=O)[C@]12CN(C(=O)/C=C/c3ccccc3OC)C[C@H]1[C@]1(c3ccc(OC)cc3)CC[C@H]2c2ccccc21. The summed E-state index contributed by atoms with van der Waals surface area (Å²) in [5, 5.41) is 0. The average Bonchev–Trinajstić information content (AvgIpc) is 3.44. The number of fused-ring (bicyclic) bond motifs is 1. The summed E-state index contributed by atoms with van der Waals surface area (Å²) in [6.45, 7) is 0.803. The van der Waals surface area contributed by atoms with Gasteiger partial charge in [-0.25, -0.2) is 0 Å². The third kappa shape index (κ3) is 3.61. The van der Waals surface area contributed by atoms with Crippen molar-refractivity contribution in [1.29, 1.82) is 0 Å². The van der Waals surface area contributed by atoms with Crippen LogP contribution in [0.5, 0.6) is 11.5 Å². The van der Waals surface area contributed by atoms with Crippen molar-refractivity contribution in [3.05, 3.63) is 101 Å².